The number of esters is 2. The molecule has 0 spiro atoms. The molecule has 1 aliphatic rings. The smallest absolute Gasteiger partial charge is 0.325 e. The quantitative estimate of drug-likeness (QED) is 0.473. The van der Waals surface area contributed by atoms with Crippen LogP contribution < -0.4 is 4.74 Å². The van der Waals surface area contributed by atoms with Gasteiger partial charge in [0, 0.05) is 19.8 Å². The molecule has 1 atom stereocenters. The third kappa shape index (κ3) is 3.48. The van der Waals surface area contributed by atoms with Gasteiger partial charge in [0.05, 0.1) is 6.61 Å². The summed E-state index contributed by atoms with van der Waals surface area (Å²) in [6, 6.07) is 8.65. The van der Waals surface area contributed by atoms with Crippen LogP contribution in [0.1, 0.15) is 32.6 Å². The van der Waals surface area contributed by atoms with Gasteiger partial charge in [-0.05, 0) is 25.0 Å². The van der Waals surface area contributed by atoms with E-state index in [2.05, 4.69) is 0 Å². The first kappa shape index (κ1) is 15.2. The van der Waals surface area contributed by atoms with Crippen molar-refractivity contribution in [3.05, 3.63) is 30.3 Å². The maximum absolute atomic E-state index is 12.4. The summed E-state index contributed by atoms with van der Waals surface area (Å²) in [7, 11) is 0. The first-order valence-electron chi connectivity index (χ1n) is 6.98. The number of ether oxygens (including phenoxy) is 2. The van der Waals surface area contributed by atoms with Crippen LogP contribution in [0.4, 0.5) is 0 Å². The van der Waals surface area contributed by atoms with E-state index in [1.807, 2.05) is 6.07 Å². The highest BCUT2D eigenvalue weighted by Crippen LogP contribution is 2.39. The second-order valence-corrected chi connectivity index (χ2v) is 5.15. The van der Waals surface area contributed by atoms with E-state index in [1.165, 1.54) is 6.92 Å². The molecule has 5 nitrogen and oxygen atoms in total. The summed E-state index contributed by atoms with van der Waals surface area (Å²) in [5, 5.41) is 0. The molecule has 0 aromatic heterocycles. The van der Waals surface area contributed by atoms with Crippen molar-refractivity contribution < 1.29 is 23.9 Å². The van der Waals surface area contributed by atoms with Crippen molar-refractivity contribution in [2.24, 2.45) is 5.41 Å². The summed E-state index contributed by atoms with van der Waals surface area (Å²) in [5.41, 5.74) is -1.18. The van der Waals surface area contributed by atoms with Crippen LogP contribution in [0.5, 0.6) is 5.75 Å². The van der Waals surface area contributed by atoms with Gasteiger partial charge in [-0.25, -0.2) is 0 Å². The van der Waals surface area contributed by atoms with E-state index in [-0.39, 0.29) is 18.8 Å². The standard InChI is InChI=1S/C16H18O5/c1-12(17)20-11-10-16(9-5-8-14(16)18)15(19)21-13-6-3-2-4-7-13/h2-4,6-7H,5,8-11H2,1H3. The highest BCUT2D eigenvalue weighted by Gasteiger charge is 2.49. The fraction of sp³-hybridized carbons (Fsp3) is 0.438. The number of hydrogen-bond acceptors (Lipinski definition) is 5. The van der Waals surface area contributed by atoms with Crippen molar-refractivity contribution in [2.45, 2.75) is 32.6 Å². The van der Waals surface area contributed by atoms with Gasteiger partial charge in [0.15, 0.2) is 0 Å². The van der Waals surface area contributed by atoms with E-state index < -0.39 is 17.4 Å². The third-order valence-electron chi connectivity index (χ3n) is 3.72. The molecule has 112 valence electrons. The minimum absolute atomic E-state index is 0.0466. The summed E-state index contributed by atoms with van der Waals surface area (Å²) >= 11 is 0. The second-order valence-electron chi connectivity index (χ2n) is 5.15. The number of carbonyl (C=O) groups excluding carboxylic acids is 3. The van der Waals surface area contributed by atoms with Gasteiger partial charge in [0.1, 0.15) is 16.9 Å². The summed E-state index contributed by atoms with van der Waals surface area (Å²) < 4.78 is 10.2. The monoisotopic (exact) mass is 290 g/mol. The fourth-order valence-electron chi connectivity index (χ4n) is 2.57. The van der Waals surface area contributed by atoms with Crippen LogP contribution in [0.3, 0.4) is 0 Å². The molecule has 0 heterocycles. The lowest BCUT2D eigenvalue weighted by molar-refractivity contribution is -0.155. The average Bonchev–Trinajstić information content (AvgIpc) is 2.82. The Labute approximate surface area is 123 Å². The van der Waals surface area contributed by atoms with E-state index in [0.29, 0.717) is 25.0 Å². The Hall–Kier alpha value is -2.17. The summed E-state index contributed by atoms with van der Waals surface area (Å²) in [4.78, 5) is 35.4. The molecule has 5 heteroatoms. The van der Waals surface area contributed by atoms with E-state index in [4.69, 9.17) is 9.47 Å². The van der Waals surface area contributed by atoms with Gasteiger partial charge in [-0.15, -0.1) is 0 Å². The third-order valence-corrected chi connectivity index (χ3v) is 3.72. The van der Waals surface area contributed by atoms with Crippen LogP contribution >= 0.6 is 0 Å². The molecule has 1 aliphatic carbocycles. The maximum Gasteiger partial charge on any atom is 0.325 e. The van der Waals surface area contributed by atoms with Gasteiger partial charge in [0.2, 0.25) is 0 Å². The molecule has 21 heavy (non-hydrogen) atoms. The van der Waals surface area contributed by atoms with Crippen LogP contribution in [0.15, 0.2) is 30.3 Å². The molecule has 2 rings (SSSR count). The topological polar surface area (TPSA) is 69.7 Å². The van der Waals surface area contributed by atoms with Crippen LogP contribution in [0.25, 0.3) is 0 Å². The fourth-order valence-corrected chi connectivity index (χ4v) is 2.57. The largest absolute Gasteiger partial charge is 0.466 e. The Bertz CT molecular complexity index is 537. The molecule has 0 saturated heterocycles. The predicted octanol–water partition coefficient (Wildman–Crippen LogP) is 2.28. The number of Topliss-reactive ketones (excluding diaryl/α,β-unsaturated/α-hetero) is 1. The van der Waals surface area contributed by atoms with E-state index in [9.17, 15) is 14.4 Å². The second kappa shape index (κ2) is 6.52. The molecular weight excluding hydrogens is 272 g/mol. The van der Waals surface area contributed by atoms with Crippen molar-refractivity contribution in [1.82, 2.24) is 0 Å². The van der Waals surface area contributed by atoms with Gasteiger partial charge in [-0.1, -0.05) is 18.2 Å². The minimum atomic E-state index is -1.18. The first-order chi connectivity index (χ1) is 10.0. The molecule has 0 bridgehead atoms. The normalized spacial score (nSPS) is 21.1. The lowest BCUT2D eigenvalue weighted by Gasteiger charge is -2.24. The van der Waals surface area contributed by atoms with Gasteiger partial charge in [-0.2, -0.15) is 0 Å². The molecule has 0 amide bonds. The van der Waals surface area contributed by atoms with Crippen molar-refractivity contribution in [1.29, 1.82) is 0 Å². The Morgan fingerprint density at radius 3 is 2.52 bits per heavy atom. The number of ketones is 1. The lowest BCUT2D eigenvalue weighted by atomic mass is 9.82. The van der Waals surface area contributed by atoms with Crippen LogP contribution in [0.2, 0.25) is 0 Å². The summed E-state index contributed by atoms with van der Waals surface area (Å²) in [5.74, 6) is -0.694. The first-order valence-corrected chi connectivity index (χ1v) is 6.98. The Morgan fingerprint density at radius 2 is 1.95 bits per heavy atom. The average molecular weight is 290 g/mol. The van der Waals surface area contributed by atoms with Crippen molar-refractivity contribution in [2.75, 3.05) is 6.61 Å². The van der Waals surface area contributed by atoms with E-state index in [1.54, 1.807) is 24.3 Å². The van der Waals surface area contributed by atoms with Gasteiger partial charge in [-0.3, -0.25) is 14.4 Å². The zero-order chi connectivity index (χ0) is 15.3. The number of hydrogen-bond donors (Lipinski definition) is 0. The number of carbonyl (C=O) groups is 3. The molecule has 1 aromatic carbocycles. The van der Waals surface area contributed by atoms with Crippen molar-refractivity contribution >= 4 is 17.7 Å². The zero-order valence-electron chi connectivity index (χ0n) is 12.0. The van der Waals surface area contributed by atoms with E-state index in [0.717, 1.165) is 0 Å². The zero-order valence-corrected chi connectivity index (χ0v) is 12.0. The molecule has 0 aliphatic heterocycles. The molecule has 0 radical (unpaired) electrons. The molecule has 0 N–H and O–H groups in total. The number of benzene rings is 1. The Balaban J connectivity index is 2.10. The SMILES string of the molecule is CC(=O)OCCC1(C(=O)Oc2ccccc2)CCCC1=O. The van der Waals surface area contributed by atoms with E-state index >= 15 is 0 Å². The van der Waals surface area contributed by atoms with Crippen LogP contribution in [-0.2, 0) is 19.1 Å². The Kier molecular flexibility index (Phi) is 4.73. The number of rotatable bonds is 5. The maximum atomic E-state index is 12.4. The predicted molar refractivity (Wildman–Crippen MR) is 74.6 cm³/mol. The van der Waals surface area contributed by atoms with Gasteiger partial charge in [0.25, 0.3) is 0 Å². The molecule has 1 saturated carbocycles. The van der Waals surface area contributed by atoms with Gasteiger partial charge < -0.3 is 9.47 Å². The molecule has 1 unspecified atom stereocenters. The van der Waals surface area contributed by atoms with Crippen LogP contribution in [0, 0.1) is 5.41 Å². The Morgan fingerprint density at radius 1 is 1.24 bits per heavy atom. The van der Waals surface area contributed by atoms with Crippen LogP contribution in [-0.4, -0.2) is 24.3 Å². The van der Waals surface area contributed by atoms with Crippen molar-refractivity contribution in [3.63, 3.8) is 0 Å². The van der Waals surface area contributed by atoms with Gasteiger partial charge >= 0.3 is 11.9 Å². The lowest BCUT2D eigenvalue weighted by Crippen LogP contribution is -2.39. The number of para-hydroxylation sites is 1. The molecule has 1 aromatic rings. The highest BCUT2D eigenvalue weighted by atomic mass is 16.5. The summed E-state index contributed by atoms with van der Waals surface area (Å²) in [6.07, 6.45) is 1.64. The summed E-state index contributed by atoms with van der Waals surface area (Å²) in [6.45, 7) is 1.34. The molecular formula is C16H18O5. The molecule has 1 fully saturated rings. The van der Waals surface area contributed by atoms with Crippen molar-refractivity contribution in [3.8, 4) is 5.75 Å². The highest BCUT2D eigenvalue weighted by molar-refractivity contribution is 6.05. The minimum Gasteiger partial charge on any atom is -0.466 e.